The zero-order valence-electron chi connectivity index (χ0n) is 17.4. The topological polar surface area (TPSA) is 81.7 Å². The van der Waals surface area contributed by atoms with Gasteiger partial charge in [-0.15, -0.1) is 0 Å². The first-order chi connectivity index (χ1) is 13.5. The number of halogens is 1. The van der Waals surface area contributed by atoms with Crippen LogP contribution in [0.4, 0.5) is 4.39 Å². The zero-order valence-corrected chi connectivity index (χ0v) is 18.2. The molecular formula is C21H26FNO5S. The molecule has 0 aliphatic heterocycles. The van der Waals surface area contributed by atoms with E-state index in [1.807, 2.05) is 19.9 Å². The molecule has 0 heterocycles. The third-order valence-corrected chi connectivity index (χ3v) is 6.66. The average Bonchev–Trinajstić information content (AvgIpc) is 2.64. The van der Waals surface area contributed by atoms with E-state index in [0.717, 1.165) is 11.1 Å². The monoisotopic (exact) mass is 423 g/mol. The standard InChI is InChI=1S/C21H26FNO5S/c1-12-9-13(2)15(4)20(14(12)3)29(25,26)23-16(5)21(24)28-11-17-7-8-19(27-6)18(22)10-17/h7-10,16,23H,11H2,1-6H3/t16-/m0/s1. The normalized spacial score (nSPS) is 12.5. The van der Waals surface area contributed by atoms with Gasteiger partial charge in [0.1, 0.15) is 12.6 Å². The lowest BCUT2D eigenvalue weighted by Crippen LogP contribution is -2.40. The van der Waals surface area contributed by atoms with Gasteiger partial charge >= 0.3 is 5.97 Å². The van der Waals surface area contributed by atoms with E-state index in [4.69, 9.17) is 9.47 Å². The lowest BCUT2D eigenvalue weighted by Gasteiger charge is -2.19. The molecule has 0 aliphatic rings. The Hall–Kier alpha value is -2.45. The lowest BCUT2D eigenvalue weighted by molar-refractivity contribution is -0.146. The average molecular weight is 424 g/mol. The molecule has 2 aromatic carbocycles. The minimum absolute atomic E-state index is 0.0837. The summed E-state index contributed by atoms with van der Waals surface area (Å²) in [5.74, 6) is -1.25. The Kier molecular flexibility index (Phi) is 7.02. The number of carbonyl (C=O) groups excluding carboxylic acids is 1. The molecule has 6 nitrogen and oxygen atoms in total. The SMILES string of the molecule is COc1ccc(COC(=O)[C@H](C)NS(=O)(=O)c2c(C)c(C)cc(C)c2C)cc1F. The second-order valence-corrected chi connectivity index (χ2v) is 8.66. The van der Waals surface area contributed by atoms with E-state index >= 15 is 0 Å². The van der Waals surface area contributed by atoms with Gasteiger partial charge in [-0.2, -0.15) is 4.72 Å². The molecule has 0 spiro atoms. The highest BCUT2D eigenvalue weighted by molar-refractivity contribution is 7.89. The van der Waals surface area contributed by atoms with Crippen molar-refractivity contribution in [3.05, 3.63) is 57.9 Å². The van der Waals surface area contributed by atoms with Crippen molar-refractivity contribution in [2.75, 3.05) is 7.11 Å². The number of hydrogen-bond donors (Lipinski definition) is 1. The molecule has 1 N–H and O–H groups in total. The summed E-state index contributed by atoms with van der Waals surface area (Å²) in [4.78, 5) is 12.4. The van der Waals surface area contributed by atoms with Gasteiger partial charge in [0.15, 0.2) is 11.6 Å². The second kappa shape index (κ2) is 8.92. The van der Waals surface area contributed by atoms with Gasteiger partial charge in [-0.1, -0.05) is 12.1 Å². The van der Waals surface area contributed by atoms with E-state index < -0.39 is 27.9 Å². The third-order valence-electron chi connectivity index (χ3n) is 4.85. The Bertz CT molecular complexity index is 1010. The molecule has 2 rings (SSSR count). The van der Waals surface area contributed by atoms with Crippen molar-refractivity contribution in [3.8, 4) is 5.75 Å². The molecular weight excluding hydrogens is 397 g/mol. The largest absolute Gasteiger partial charge is 0.494 e. The van der Waals surface area contributed by atoms with Crippen molar-refractivity contribution in [1.29, 1.82) is 0 Å². The zero-order chi connectivity index (χ0) is 21.9. The number of hydrogen-bond acceptors (Lipinski definition) is 5. The van der Waals surface area contributed by atoms with Crippen LogP contribution in [0.3, 0.4) is 0 Å². The highest BCUT2D eigenvalue weighted by Crippen LogP contribution is 2.26. The molecule has 0 fully saturated rings. The first kappa shape index (κ1) is 22.8. The smallest absolute Gasteiger partial charge is 0.324 e. The molecule has 0 saturated heterocycles. The maximum absolute atomic E-state index is 13.7. The van der Waals surface area contributed by atoms with Gasteiger partial charge in [-0.25, -0.2) is 12.8 Å². The van der Waals surface area contributed by atoms with Crippen LogP contribution in [0.2, 0.25) is 0 Å². The molecule has 0 saturated carbocycles. The Morgan fingerprint density at radius 1 is 1.10 bits per heavy atom. The summed E-state index contributed by atoms with van der Waals surface area (Å²) in [6, 6.07) is 5.00. The van der Waals surface area contributed by atoms with Crippen molar-refractivity contribution in [2.24, 2.45) is 0 Å². The van der Waals surface area contributed by atoms with E-state index in [1.54, 1.807) is 19.9 Å². The molecule has 158 valence electrons. The number of ether oxygens (including phenoxy) is 2. The minimum atomic E-state index is -3.94. The van der Waals surface area contributed by atoms with Crippen molar-refractivity contribution in [2.45, 2.75) is 52.2 Å². The van der Waals surface area contributed by atoms with Gasteiger partial charge in [-0.05, 0) is 74.6 Å². The summed E-state index contributed by atoms with van der Waals surface area (Å²) in [6.45, 7) is 8.36. The Labute approximate surface area is 171 Å². The molecule has 0 aliphatic carbocycles. The van der Waals surface area contributed by atoms with Gasteiger partial charge in [0.25, 0.3) is 0 Å². The second-order valence-electron chi connectivity index (χ2n) is 7.01. The Balaban J connectivity index is 2.12. The van der Waals surface area contributed by atoms with Crippen LogP contribution in [-0.2, 0) is 26.2 Å². The summed E-state index contributed by atoms with van der Waals surface area (Å²) in [7, 11) is -2.58. The highest BCUT2D eigenvalue weighted by Gasteiger charge is 2.27. The molecule has 8 heteroatoms. The van der Waals surface area contributed by atoms with Crippen LogP contribution in [0, 0.1) is 33.5 Å². The summed E-state index contributed by atoms with van der Waals surface area (Å²) in [6.07, 6.45) is 0. The van der Waals surface area contributed by atoms with Crippen LogP contribution in [0.5, 0.6) is 5.75 Å². The van der Waals surface area contributed by atoms with E-state index in [0.29, 0.717) is 16.7 Å². The molecule has 0 radical (unpaired) electrons. The van der Waals surface area contributed by atoms with E-state index in [2.05, 4.69) is 4.72 Å². The first-order valence-corrected chi connectivity index (χ1v) is 10.5. The number of esters is 1. The highest BCUT2D eigenvalue weighted by atomic mass is 32.2. The Morgan fingerprint density at radius 2 is 1.69 bits per heavy atom. The number of carbonyl (C=O) groups is 1. The summed E-state index contributed by atoms with van der Waals surface area (Å²) in [5.41, 5.74) is 3.40. The predicted octanol–water partition coefficient (Wildman–Crippen LogP) is 3.48. The number of methoxy groups -OCH3 is 1. The van der Waals surface area contributed by atoms with Crippen LogP contribution in [0.25, 0.3) is 0 Å². The van der Waals surface area contributed by atoms with Gasteiger partial charge in [0.2, 0.25) is 10.0 Å². The fourth-order valence-corrected chi connectivity index (χ4v) is 4.81. The quantitative estimate of drug-likeness (QED) is 0.690. The first-order valence-electron chi connectivity index (χ1n) is 9.06. The molecule has 0 amide bonds. The predicted molar refractivity (Wildman–Crippen MR) is 108 cm³/mol. The van der Waals surface area contributed by atoms with Crippen LogP contribution in [0.15, 0.2) is 29.2 Å². The molecule has 29 heavy (non-hydrogen) atoms. The van der Waals surface area contributed by atoms with E-state index in [-0.39, 0.29) is 17.3 Å². The van der Waals surface area contributed by atoms with Crippen LogP contribution in [0.1, 0.15) is 34.7 Å². The number of aryl methyl sites for hydroxylation is 2. The van der Waals surface area contributed by atoms with E-state index in [1.165, 1.54) is 26.2 Å². The summed E-state index contributed by atoms with van der Waals surface area (Å²) < 4.78 is 51.9. The fraction of sp³-hybridized carbons (Fsp3) is 0.381. The van der Waals surface area contributed by atoms with Crippen LogP contribution < -0.4 is 9.46 Å². The maximum atomic E-state index is 13.7. The molecule has 0 aromatic heterocycles. The molecule has 1 atom stereocenters. The number of sulfonamides is 1. The minimum Gasteiger partial charge on any atom is -0.494 e. The summed E-state index contributed by atoms with van der Waals surface area (Å²) >= 11 is 0. The number of rotatable bonds is 7. The third kappa shape index (κ3) is 5.13. The Morgan fingerprint density at radius 3 is 2.21 bits per heavy atom. The molecule has 2 aromatic rings. The van der Waals surface area contributed by atoms with Gasteiger partial charge in [0.05, 0.1) is 12.0 Å². The lowest BCUT2D eigenvalue weighted by atomic mass is 10.0. The van der Waals surface area contributed by atoms with Gasteiger partial charge in [-0.3, -0.25) is 4.79 Å². The maximum Gasteiger partial charge on any atom is 0.324 e. The van der Waals surface area contributed by atoms with Crippen molar-refractivity contribution >= 4 is 16.0 Å². The van der Waals surface area contributed by atoms with Crippen molar-refractivity contribution in [1.82, 2.24) is 4.72 Å². The molecule has 0 bridgehead atoms. The fourth-order valence-electron chi connectivity index (χ4n) is 3.00. The number of nitrogens with one attached hydrogen (secondary N) is 1. The van der Waals surface area contributed by atoms with E-state index in [9.17, 15) is 17.6 Å². The number of benzene rings is 2. The molecule has 0 unspecified atom stereocenters. The summed E-state index contributed by atoms with van der Waals surface area (Å²) in [5, 5.41) is 0. The van der Waals surface area contributed by atoms with Crippen molar-refractivity contribution in [3.63, 3.8) is 0 Å². The van der Waals surface area contributed by atoms with Crippen LogP contribution in [-0.4, -0.2) is 27.5 Å². The van der Waals surface area contributed by atoms with Gasteiger partial charge < -0.3 is 9.47 Å². The van der Waals surface area contributed by atoms with Gasteiger partial charge in [0, 0.05) is 0 Å². The van der Waals surface area contributed by atoms with Crippen LogP contribution >= 0.6 is 0 Å². The van der Waals surface area contributed by atoms with Crippen molar-refractivity contribution < 1.29 is 27.1 Å².